The van der Waals surface area contributed by atoms with E-state index in [1.165, 1.54) is 12.5 Å². The lowest BCUT2D eigenvalue weighted by Gasteiger charge is -2.22. The fourth-order valence-corrected chi connectivity index (χ4v) is 2.47. The number of carbonyl (C=O) groups is 1. The summed E-state index contributed by atoms with van der Waals surface area (Å²) in [4.78, 5) is 11.6. The Labute approximate surface area is 166 Å². The quantitative estimate of drug-likeness (QED) is 0.738. The van der Waals surface area contributed by atoms with E-state index >= 15 is 0 Å². The van der Waals surface area contributed by atoms with E-state index in [-0.39, 0.29) is 6.10 Å². The van der Waals surface area contributed by atoms with Crippen LogP contribution < -0.4 is 4.74 Å². The number of ether oxygens (including phenoxy) is 1. The summed E-state index contributed by atoms with van der Waals surface area (Å²) < 4.78 is 6.18. The summed E-state index contributed by atoms with van der Waals surface area (Å²) in [6, 6.07) is 16.2. The van der Waals surface area contributed by atoms with E-state index in [4.69, 9.17) is 26.6 Å². The molecular weight excluding hydrogens is 366 g/mol. The lowest BCUT2D eigenvalue weighted by molar-refractivity contribution is -0.145. The Morgan fingerprint density at radius 2 is 1.78 bits per heavy atom. The number of aliphatic hydroxyl groups excluding tert-OH is 1. The summed E-state index contributed by atoms with van der Waals surface area (Å²) in [5.41, 5.74) is 2.31. The highest BCUT2D eigenvalue weighted by Gasteiger charge is 2.15. The van der Waals surface area contributed by atoms with Crippen molar-refractivity contribution in [3.63, 3.8) is 0 Å². The zero-order valence-electron chi connectivity index (χ0n) is 16.2. The first-order chi connectivity index (χ1) is 12.7. The van der Waals surface area contributed by atoms with Crippen molar-refractivity contribution >= 4 is 17.6 Å². The van der Waals surface area contributed by atoms with Crippen molar-refractivity contribution < 1.29 is 19.7 Å². The van der Waals surface area contributed by atoms with Crippen LogP contribution in [-0.2, 0) is 4.79 Å². The van der Waals surface area contributed by atoms with Gasteiger partial charge < -0.3 is 19.8 Å². The molecule has 2 atom stereocenters. The SMILES string of the molecule is CC(O)C(=O)O.Cc1ccc(OC(CCN(C)C)c2ccccc2)c(Cl)c1. The molecule has 0 aliphatic rings. The van der Waals surface area contributed by atoms with Gasteiger partial charge in [-0.3, -0.25) is 0 Å². The summed E-state index contributed by atoms with van der Waals surface area (Å²) >= 11 is 6.29. The van der Waals surface area contributed by atoms with E-state index in [1.807, 2.05) is 43.3 Å². The van der Waals surface area contributed by atoms with Crippen molar-refractivity contribution in [3.05, 3.63) is 64.7 Å². The zero-order chi connectivity index (χ0) is 20.4. The molecule has 0 aliphatic heterocycles. The first-order valence-corrected chi connectivity index (χ1v) is 9.12. The lowest BCUT2D eigenvalue weighted by Crippen LogP contribution is -2.18. The number of aryl methyl sites for hydroxylation is 1. The fourth-order valence-electron chi connectivity index (χ4n) is 2.19. The van der Waals surface area contributed by atoms with E-state index in [0.29, 0.717) is 5.02 Å². The molecule has 0 fully saturated rings. The molecule has 0 aromatic heterocycles. The molecule has 5 nitrogen and oxygen atoms in total. The number of benzene rings is 2. The molecule has 0 radical (unpaired) electrons. The zero-order valence-corrected chi connectivity index (χ0v) is 17.0. The molecule has 2 aromatic rings. The molecule has 27 heavy (non-hydrogen) atoms. The first kappa shape index (κ1) is 23.0. The number of aliphatic hydroxyl groups is 1. The molecule has 0 bridgehead atoms. The van der Waals surface area contributed by atoms with Crippen LogP contribution in [-0.4, -0.2) is 47.8 Å². The van der Waals surface area contributed by atoms with Crippen LogP contribution in [0.1, 0.15) is 30.6 Å². The maximum absolute atomic E-state index is 9.45. The van der Waals surface area contributed by atoms with Gasteiger partial charge in [0.15, 0.2) is 0 Å². The molecule has 0 amide bonds. The second-order valence-corrected chi connectivity index (χ2v) is 6.96. The van der Waals surface area contributed by atoms with Gasteiger partial charge in [-0.1, -0.05) is 48.0 Å². The maximum Gasteiger partial charge on any atom is 0.332 e. The van der Waals surface area contributed by atoms with Gasteiger partial charge in [-0.2, -0.15) is 0 Å². The van der Waals surface area contributed by atoms with Crippen molar-refractivity contribution in [1.82, 2.24) is 4.90 Å². The van der Waals surface area contributed by atoms with Gasteiger partial charge in [-0.25, -0.2) is 4.79 Å². The van der Waals surface area contributed by atoms with Crippen LogP contribution in [0.5, 0.6) is 5.75 Å². The summed E-state index contributed by atoms with van der Waals surface area (Å²) in [5.74, 6) is -0.440. The van der Waals surface area contributed by atoms with Gasteiger partial charge in [0.2, 0.25) is 0 Å². The highest BCUT2D eigenvalue weighted by molar-refractivity contribution is 6.32. The van der Waals surface area contributed by atoms with Gasteiger partial charge in [0, 0.05) is 13.0 Å². The second kappa shape index (κ2) is 11.6. The van der Waals surface area contributed by atoms with Crippen LogP contribution >= 0.6 is 11.6 Å². The van der Waals surface area contributed by atoms with Crippen molar-refractivity contribution in [2.75, 3.05) is 20.6 Å². The molecule has 0 saturated carbocycles. The average Bonchev–Trinajstić information content (AvgIpc) is 2.61. The smallest absolute Gasteiger partial charge is 0.332 e. The van der Waals surface area contributed by atoms with Gasteiger partial charge in [0.1, 0.15) is 18.0 Å². The van der Waals surface area contributed by atoms with Crippen molar-refractivity contribution in [3.8, 4) is 5.75 Å². The Morgan fingerprint density at radius 1 is 1.19 bits per heavy atom. The number of aliphatic carboxylic acids is 1. The topological polar surface area (TPSA) is 70.0 Å². The number of hydrogen-bond acceptors (Lipinski definition) is 4. The van der Waals surface area contributed by atoms with Gasteiger partial charge in [0.25, 0.3) is 0 Å². The third-order valence-electron chi connectivity index (χ3n) is 3.72. The van der Waals surface area contributed by atoms with Gasteiger partial charge >= 0.3 is 5.97 Å². The molecule has 148 valence electrons. The van der Waals surface area contributed by atoms with E-state index < -0.39 is 12.1 Å². The minimum Gasteiger partial charge on any atom is -0.484 e. The second-order valence-electron chi connectivity index (χ2n) is 6.56. The van der Waals surface area contributed by atoms with Crippen LogP contribution in [0.25, 0.3) is 0 Å². The van der Waals surface area contributed by atoms with Crippen LogP contribution in [0.3, 0.4) is 0 Å². The molecule has 0 heterocycles. The minimum absolute atomic E-state index is 0.00815. The van der Waals surface area contributed by atoms with Crippen LogP contribution in [0.2, 0.25) is 5.02 Å². The van der Waals surface area contributed by atoms with Crippen LogP contribution in [0.4, 0.5) is 0 Å². The Balaban J connectivity index is 0.000000527. The third kappa shape index (κ3) is 8.91. The van der Waals surface area contributed by atoms with E-state index in [2.05, 4.69) is 31.1 Å². The predicted octanol–water partition coefficient (Wildman–Crippen LogP) is 4.17. The molecule has 2 unspecified atom stereocenters. The van der Waals surface area contributed by atoms with Crippen LogP contribution in [0, 0.1) is 6.92 Å². The normalized spacial score (nSPS) is 12.7. The van der Waals surface area contributed by atoms with Gasteiger partial charge in [-0.15, -0.1) is 0 Å². The van der Waals surface area contributed by atoms with Gasteiger partial charge in [0.05, 0.1) is 5.02 Å². The van der Waals surface area contributed by atoms with Crippen molar-refractivity contribution in [2.24, 2.45) is 0 Å². The largest absolute Gasteiger partial charge is 0.484 e. The fraction of sp³-hybridized carbons (Fsp3) is 0.381. The number of nitrogens with zero attached hydrogens (tertiary/aromatic N) is 1. The van der Waals surface area contributed by atoms with E-state index in [1.54, 1.807) is 0 Å². The lowest BCUT2D eigenvalue weighted by atomic mass is 10.1. The van der Waals surface area contributed by atoms with Crippen molar-refractivity contribution in [2.45, 2.75) is 32.5 Å². The predicted molar refractivity (Wildman–Crippen MR) is 108 cm³/mol. The monoisotopic (exact) mass is 393 g/mol. The maximum atomic E-state index is 9.45. The number of carboxylic acid groups (broad SMARTS) is 1. The highest BCUT2D eigenvalue weighted by atomic mass is 35.5. The molecule has 6 heteroatoms. The first-order valence-electron chi connectivity index (χ1n) is 8.74. The summed E-state index contributed by atoms with van der Waals surface area (Å²) in [5, 5.41) is 16.4. The number of hydrogen-bond donors (Lipinski definition) is 2. The Morgan fingerprint density at radius 3 is 2.26 bits per heavy atom. The third-order valence-corrected chi connectivity index (χ3v) is 4.02. The summed E-state index contributed by atoms with van der Waals surface area (Å²) in [6.45, 7) is 4.18. The highest BCUT2D eigenvalue weighted by Crippen LogP contribution is 2.31. The molecule has 0 saturated heterocycles. The molecular formula is C21H28ClNO4. The van der Waals surface area contributed by atoms with E-state index in [0.717, 1.165) is 24.3 Å². The number of rotatable bonds is 7. The van der Waals surface area contributed by atoms with E-state index in [9.17, 15) is 4.79 Å². The number of carboxylic acids is 1. The standard InChI is InChI=1S/C18H22ClNO.C3H6O3/c1-14-9-10-18(16(19)13-14)21-17(11-12-20(2)3)15-7-5-4-6-8-15;1-2(4)3(5)6/h4-10,13,17H,11-12H2,1-3H3;2,4H,1H3,(H,5,6). The minimum atomic E-state index is -1.23. The summed E-state index contributed by atoms with van der Waals surface area (Å²) in [7, 11) is 4.14. The Kier molecular flexibility index (Phi) is 9.86. The average molecular weight is 394 g/mol. The molecule has 2 rings (SSSR count). The van der Waals surface area contributed by atoms with Crippen molar-refractivity contribution in [1.29, 1.82) is 0 Å². The Hall–Kier alpha value is -2.08. The van der Waals surface area contributed by atoms with Crippen LogP contribution in [0.15, 0.2) is 48.5 Å². The number of halogens is 1. The molecule has 0 spiro atoms. The van der Waals surface area contributed by atoms with Gasteiger partial charge in [-0.05, 0) is 51.2 Å². The Bertz CT molecular complexity index is 705. The summed E-state index contributed by atoms with van der Waals surface area (Å²) in [6.07, 6.45) is -0.305. The molecule has 0 aliphatic carbocycles. The molecule has 2 N–H and O–H groups in total. The molecule has 2 aromatic carbocycles.